The van der Waals surface area contributed by atoms with Gasteiger partial charge in [0, 0.05) is 18.6 Å². The normalized spacial score (nSPS) is 35.6. The molecule has 0 aromatic carbocycles. The summed E-state index contributed by atoms with van der Waals surface area (Å²) in [7, 11) is -4.24. The van der Waals surface area contributed by atoms with Gasteiger partial charge in [0.2, 0.25) is 0 Å². The molecule has 0 amide bonds. The molecule has 2 fully saturated rings. The topological polar surface area (TPSA) is 93.4 Å². The quantitative estimate of drug-likeness (QED) is 0.651. The molecule has 4 atom stereocenters. The van der Waals surface area contributed by atoms with Crippen LogP contribution in [-0.4, -0.2) is 45.9 Å². The molecule has 112 valence electrons. The molecular formula is C9H16F3N3O3S. The minimum Gasteiger partial charge on any atom is -0.376 e. The summed E-state index contributed by atoms with van der Waals surface area (Å²) in [5, 5.41) is 0. The molecule has 0 aromatic rings. The van der Waals surface area contributed by atoms with Gasteiger partial charge in [-0.15, -0.1) is 0 Å². The lowest BCUT2D eigenvalue weighted by atomic mass is 9.69. The minimum atomic E-state index is -4.60. The van der Waals surface area contributed by atoms with Crippen molar-refractivity contribution in [2.24, 2.45) is 11.7 Å². The Hall–Kier alpha value is -0.420. The predicted molar refractivity (Wildman–Crippen MR) is 60.3 cm³/mol. The number of halogens is 3. The SMILES string of the molecule is NC1C2CCCOC2C1NS(=O)(=O)NCC(F)(F)F. The van der Waals surface area contributed by atoms with Crippen LogP contribution in [0.5, 0.6) is 0 Å². The number of fused-ring (bicyclic) bond motifs is 1. The van der Waals surface area contributed by atoms with Crippen LogP contribution in [0.4, 0.5) is 13.2 Å². The van der Waals surface area contributed by atoms with Crippen LogP contribution in [0.1, 0.15) is 12.8 Å². The summed E-state index contributed by atoms with van der Waals surface area (Å²) < 4.78 is 67.8. The maximum absolute atomic E-state index is 12.0. The van der Waals surface area contributed by atoms with E-state index in [1.165, 1.54) is 4.72 Å². The zero-order valence-corrected chi connectivity index (χ0v) is 10.8. The van der Waals surface area contributed by atoms with E-state index in [9.17, 15) is 21.6 Å². The maximum atomic E-state index is 12.0. The first kappa shape index (κ1) is 15.0. The van der Waals surface area contributed by atoms with Gasteiger partial charge in [-0.25, -0.2) is 0 Å². The second-order valence-corrected chi connectivity index (χ2v) is 6.33. The monoisotopic (exact) mass is 303 g/mol. The highest BCUT2D eigenvalue weighted by atomic mass is 32.2. The molecule has 0 aromatic heterocycles. The molecule has 19 heavy (non-hydrogen) atoms. The lowest BCUT2D eigenvalue weighted by molar-refractivity contribution is -0.122. The van der Waals surface area contributed by atoms with Gasteiger partial charge in [-0.3, -0.25) is 0 Å². The van der Waals surface area contributed by atoms with Gasteiger partial charge in [-0.2, -0.15) is 31.0 Å². The van der Waals surface area contributed by atoms with E-state index in [0.717, 1.165) is 12.8 Å². The predicted octanol–water partition coefficient (Wildman–Crippen LogP) is -0.523. The molecular weight excluding hydrogens is 287 g/mol. The molecule has 0 bridgehead atoms. The number of rotatable bonds is 4. The number of hydrogen-bond donors (Lipinski definition) is 3. The number of nitrogens with two attached hydrogens (primary N) is 1. The number of nitrogens with one attached hydrogen (secondary N) is 2. The number of hydrogen-bond acceptors (Lipinski definition) is 4. The highest BCUT2D eigenvalue weighted by Crippen LogP contribution is 2.37. The van der Waals surface area contributed by atoms with E-state index in [-0.39, 0.29) is 12.0 Å². The summed E-state index contributed by atoms with van der Waals surface area (Å²) >= 11 is 0. The van der Waals surface area contributed by atoms with Gasteiger partial charge in [0.25, 0.3) is 10.2 Å². The fourth-order valence-corrected chi connectivity index (χ4v) is 3.58. The fraction of sp³-hybridized carbons (Fsp3) is 1.00. The highest BCUT2D eigenvalue weighted by Gasteiger charge is 2.51. The molecule has 6 nitrogen and oxygen atoms in total. The largest absolute Gasteiger partial charge is 0.402 e. The zero-order valence-electron chi connectivity index (χ0n) is 9.98. The van der Waals surface area contributed by atoms with Crippen LogP contribution in [-0.2, 0) is 14.9 Å². The van der Waals surface area contributed by atoms with Crippen molar-refractivity contribution >= 4 is 10.2 Å². The van der Waals surface area contributed by atoms with E-state index in [1.807, 2.05) is 0 Å². The van der Waals surface area contributed by atoms with Crippen molar-refractivity contribution in [3.05, 3.63) is 0 Å². The Kier molecular flexibility index (Phi) is 4.07. The molecule has 1 heterocycles. The van der Waals surface area contributed by atoms with Gasteiger partial charge in [-0.1, -0.05) is 0 Å². The maximum Gasteiger partial charge on any atom is 0.402 e. The van der Waals surface area contributed by atoms with Crippen molar-refractivity contribution in [1.82, 2.24) is 9.44 Å². The Morgan fingerprint density at radius 2 is 2.05 bits per heavy atom. The molecule has 4 unspecified atom stereocenters. The van der Waals surface area contributed by atoms with E-state index < -0.39 is 35.0 Å². The summed E-state index contributed by atoms with van der Waals surface area (Å²) in [5.41, 5.74) is 5.81. The lowest BCUT2D eigenvalue weighted by Gasteiger charge is -2.52. The molecule has 0 radical (unpaired) electrons. The Morgan fingerprint density at radius 3 is 2.68 bits per heavy atom. The van der Waals surface area contributed by atoms with Crippen LogP contribution < -0.4 is 15.2 Å². The van der Waals surface area contributed by atoms with Crippen molar-refractivity contribution in [2.45, 2.75) is 37.2 Å². The van der Waals surface area contributed by atoms with Crippen LogP contribution in [0.25, 0.3) is 0 Å². The molecule has 2 aliphatic rings. The number of alkyl halides is 3. The average Bonchev–Trinajstić information content (AvgIpc) is 2.33. The third kappa shape index (κ3) is 3.57. The smallest absolute Gasteiger partial charge is 0.376 e. The lowest BCUT2D eigenvalue weighted by Crippen LogP contribution is -2.72. The molecule has 1 aliphatic carbocycles. The molecule has 2 rings (SSSR count). The van der Waals surface area contributed by atoms with E-state index in [1.54, 1.807) is 0 Å². The first-order chi connectivity index (χ1) is 8.70. The van der Waals surface area contributed by atoms with Gasteiger partial charge >= 0.3 is 6.18 Å². The summed E-state index contributed by atoms with van der Waals surface area (Å²) in [6, 6.07) is -1.09. The standard InChI is InChI=1S/C9H16F3N3O3S/c10-9(11,12)4-14-19(16,17)15-7-6(13)5-2-1-3-18-8(5)7/h5-8,14-15H,1-4,13H2. The van der Waals surface area contributed by atoms with Gasteiger partial charge in [0.1, 0.15) is 6.54 Å². The third-order valence-corrected chi connectivity index (χ3v) is 4.54. The number of ether oxygens (including phenoxy) is 1. The Morgan fingerprint density at radius 1 is 1.37 bits per heavy atom. The van der Waals surface area contributed by atoms with Crippen molar-refractivity contribution in [3.63, 3.8) is 0 Å². The van der Waals surface area contributed by atoms with Crippen molar-refractivity contribution in [1.29, 1.82) is 0 Å². The second kappa shape index (κ2) is 5.17. The Labute approximate surface area is 109 Å². The molecule has 1 saturated carbocycles. The van der Waals surface area contributed by atoms with E-state index in [2.05, 4.69) is 4.72 Å². The van der Waals surface area contributed by atoms with Crippen molar-refractivity contribution in [3.8, 4) is 0 Å². The first-order valence-electron chi connectivity index (χ1n) is 5.90. The highest BCUT2D eigenvalue weighted by molar-refractivity contribution is 7.87. The first-order valence-corrected chi connectivity index (χ1v) is 7.39. The van der Waals surface area contributed by atoms with Crippen molar-refractivity contribution in [2.75, 3.05) is 13.2 Å². The zero-order chi connectivity index (χ0) is 14.3. The molecule has 1 aliphatic heterocycles. The van der Waals surface area contributed by atoms with Crippen LogP contribution in [0.15, 0.2) is 0 Å². The Balaban J connectivity index is 1.90. The molecule has 0 spiro atoms. The van der Waals surface area contributed by atoms with Gasteiger partial charge < -0.3 is 10.5 Å². The summed E-state index contributed by atoms with van der Waals surface area (Å²) in [4.78, 5) is 0. The summed E-state index contributed by atoms with van der Waals surface area (Å²) in [5.74, 6) is 0.0732. The fourth-order valence-electron chi connectivity index (χ4n) is 2.49. The van der Waals surface area contributed by atoms with Crippen LogP contribution in [0.3, 0.4) is 0 Å². The molecule has 10 heteroatoms. The van der Waals surface area contributed by atoms with Crippen molar-refractivity contribution < 1.29 is 26.3 Å². The van der Waals surface area contributed by atoms with Gasteiger partial charge in [0.15, 0.2) is 0 Å². The van der Waals surface area contributed by atoms with Crippen LogP contribution in [0, 0.1) is 5.92 Å². The van der Waals surface area contributed by atoms with Crippen LogP contribution >= 0.6 is 0 Å². The van der Waals surface area contributed by atoms with E-state index >= 15 is 0 Å². The average molecular weight is 303 g/mol. The van der Waals surface area contributed by atoms with Crippen LogP contribution in [0.2, 0.25) is 0 Å². The minimum absolute atomic E-state index is 0.0732. The van der Waals surface area contributed by atoms with Gasteiger partial charge in [-0.05, 0) is 12.8 Å². The Bertz CT molecular complexity index is 428. The third-order valence-electron chi connectivity index (χ3n) is 3.43. The second-order valence-electron chi connectivity index (χ2n) is 4.80. The van der Waals surface area contributed by atoms with E-state index in [4.69, 9.17) is 10.5 Å². The summed E-state index contributed by atoms with van der Waals surface area (Å²) in [6.45, 7) is -1.10. The molecule has 4 N–H and O–H groups in total. The molecule has 1 saturated heterocycles. The van der Waals surface area contributed by atoms with Gasteiger partial charge in [0.05, 0.1) is 12.1 Å². The summed E-state index contributed by atoms with van der Waals surface area (Å²) in [6.07, 6.45) is -3.23. The van der Waals surface area contributed by atoms with E-state index in [0.29, 0.717) is 6.61 Å².